The first-order chi connectivity index (χ1) is 9.54. The summed E-state index contributed by atoms with van der Waals surface area (Å²) in [7, 11) is 0. The molecule has 0 unspecified atom stereocenters. The van der Waals surface area contributed by atoms with Crippen LogP contribution in [-0.4, -0.2) is 9.55 Å². The fourth-order valence-electron chi connectivity index (χ4n) is 2.98. The second-order valence-corrected chi connectivity index (χ2v) is 5.28. The van der Waals surface area contributed by atoms with Gasteiger partial charge in [0.2, 0.25) is 0 Å². The molecule has 1 heterocycles. The molecule has 0 saturated carbocycles. The van der Waals surface area contributed by atoms with Crippen LogP contribution < -0.4 is 0 Å². The van der Waals surface area contributed by atoms with Crippen molar-refractivity contribution in [1.82, 2.24) is 9.55 Å². The Morgan fingerprint density at radius 2 is 1.75 bits per heavy atom. The van der Waals surface area contributed by atoms with Gasteiger partial charge in [-0.1, -0.05) is 20.8 Å². The van der Waals surface area contributed by atoms with E-state index in [1.807, 2.05) is 25.3 Å². The average molecular weight is 301 g/mol. The number of aromatic nitrogens is 2. The largest absolute Gasteiger partial charge is 0.318 e. The van der Waals surface area contributed by atoms with E-state index in [1.54, 1.807) is 0 Å². The summed E-state index contributed by atoms with van der Waals surface area (Å²) in [6, 6.07) is 2.62. The number of hydrogen-bond donors (Lipinski definition) is 0. The first kappa shape index (κ1) is 15.2. The molecule has 0 atom stereocenters. The predicted molar refractivity (Wildman–Crippen MR) is 78.1 cm³/mol. The lowest BCUT2D eigenvalue weighted by molar-refractivity contribution is 0.251. The molecule has 2 aromatic rings. The summed E-state index contributed by atoms with van der Waals surface area (Å²) in [5.41, 5.74) is 0.402. The Morgan fingerprint density at radius 1 is 1.15 bits per heavy atom. The standard InChI is InChI=1S/C15H19ClF2N2/c1-4-15(5-2,6-3)20-12(9-16)19-11-8-7-10(17)13(18)14(11)20/h7-8H,4-6,9H2,1-3H3. The molecular formula is C15H19ClF2N2. The van der Waals surface area contributed by atoms with Crippen molar-refractivity contribution < 1.29 is 8.78 Å². The van der Waals surface area contributed by atoms with Crippen LogP contribution in [0.3, 0.4) is 0 Å². The molecule has 0 spiro atoms. The highest BCUT2D eigenvalue weighted by Gasteiger charge is 2.32. The molecule has 0 aliphatic carbocycles. The molecule has 5 heteroatoms. The Morgan fingerprint density at radius 3 is 2.25 bits per heavy atom. The monoisotopic (exact) mass is 300 g/mol. The van der Waals surface area contributed by atoms with Gasteiger partial charge in [0.15, 0.2) is 11.6 Å². The summed E-state index contributed by atoms with van der Waals surface area (Å²) in [6.45, 7) is 6.15. The molecule has 0 amide bonds. The smallest absolute Gasteiger partial charge is 0.184 e. The van der Waals surface area contributed by atoms with Crippen LogP contribution in [0.2, 0.25) is 0 Å². The first-order valence-electron chi connectivity index (χ1n) is 6.96. The third-order valence-corrected chi connectivity index (χ3v) is 4.59. The van der Waals surface area contributed by atoms with Crippen molar-refractivity contribution in [3.05, 3.63) is 29.6 Å². The molecule has 2 nitrogen and oxygen atoms in total. The van der Waals surface area contributed by atoms with Crippen LogP contribution >= 0.6 is 11.6 Å². The van der Waals surface area contributed by atoms with Gasteiger partial charge in [-0.05, 0) is 31.4 Å². The highest BCUT2D eigenvalue weighted by Crippen LogP contribution is 2.36. The Balaban J connectivity index is 2.88. The van der Waals surface area contributed by atoms with Crippen molar-refractivity contribution in [3.8, 4) is 0 Å². The molecule has 2 rings (SSSR count). The van der Waals surface area contributed by atoms with E-state index in [-0.39, 0.29) is 16.9 Å². The Hall–Kier alpha value is -1.16. The van der Waals surface area contributed by atoms with Crippen molar-refractivity contribution in [2.24, 2.45) is 0 Å². The normalized spacial score (nSPS) is 12.3. The Labute approximate surface area is 122 Å². The van der Waals surface area contributed by atoms with Crippen molar-refractivity contribution in [2.75, 3.05) is 0 Å². The third kappa shape index (κ3) is 2.10. The van der Waals surface area contributed by atoms with E-state index in [0.29, 0.717) is 11.3 Å². The number of hydrogen-bond acceptors (Lipinski definition) is 1. The van der Waals surface area contributed by atoms with Gasteiger partial charge in [-0.15, -0.1) is 11.6 Å². The van der Waals surface area contributed by atoms with E-state index >= 15 is 0 Å². The van der Waals surface area contributed by atoms with Gasteiger partial charge in [-0.2, -0.15) is 0 Å². The van der Waals surface area contributed by atoms with E-state index in [2.05, 4.69) is 4.98 Å². The SMILES string of the molecule is CCC(CC)(CC)n1c(CCl)nc2ccc(F)c(F)c21. The van der Waals surface area contributed by atoms with Crippen molar-refractivity contribution in [1.29, 1.82) is 0 Å². The fraction of sp³-hybridized carbons (Fsp3) is 0.533. The van der Waals surface area contributed by atoms with Crippen LogP contribution in [0.4, 0.5) is 8.78 Å². The Bertz CT molecular complexity index is 610. The van der Waals surface area contributed by atoms with E-state index in [9.17, 15) is 8.78 Å². The maximum atomic E-state index is 14.3. The molecule has 110 valence electrons. The second-order valence-electron chi connectivity index (χ2n) is 5.01. The number of fused-ring (bicyclic) bond motifs is 1. The maximum Gasteiger partial charge on any atom is 0.184 e. The first-order valence-corrected chi connectivity index (χ1v) is 7.49. The molecule has 0 fully saturated rings. The zero-order valence-corrected chi connectivity index (χ0v) is 12.8. The van der Waals surface area contributed by atoms with Gasteiger partial charge < -0.3 is 4.57 Å². The van der Waals surface area contributed by atoms with Gasteiger partial charge in [0.1, 0.15) is 11.3 Å². The van der Waals surface area contributed by atoms with Crippen LogP contribution in [0.1, 0.15) is 45.9 Å². The van der Waals surface area contributed by atoms with Gasteiger partial charge >= 0.3 is 0 Å². The van der Waals surface area contributed by atoms with Crippen LogP contribution in [-0.2, 0) is 11.4 Å². The van der Waals surface area contributed by atoms with Crippen molar-refractivity contribution in [3.63, 3.8) is 0 Å². The van der Waals surface area contributed by atoms with Gasteiger partial charge in [0.05, 0.1) is 11.4 Å². The molecule has 1 aromatic heterocycles. The molecule has 0 bridgehead atoms. The van der Waals surface area contributed by atoms with Crippen molar-refractivity contribution in [2.45, 2.75) is 51.5 Å². The Kier molecular flexibility index (Phi) is 4.33. The number of benzene rings is 1. The fourth-order valence-corrected chi connectivity index (χ4v) is 3.15. The van der Waals surface area contributed by atoms with Crippen LogP contribution in [0.5, 0.6) is 0 Å². The summed E-state index contributed by atoms with van der Waals surface area (Å²) < 4.78 is 29.7. The number of nitrogens with zero attached hydrogens (tertiary/aromatic N) is 2. The quantitative estimate of drug-likeness (QED) is 0.712. The number of halogens is 3. The highest BCUT2D eigenvalue weighted by atomic mass is 35.5. The summed E-state index contributed by atoms with van der Waals surface area (Å²) in [5, 5.41) is 0. The van der Waals surface area contributed by atoms with Gasteiger partial charge in [-0.25, -0.2) is 13.8 Å². The minimum absolute atomic E-state index is 0.178. The minimum Gasteiger partial charge on any atom is -0.318 e. The zero-order valence-electron chi connectivity index (χ0n) is 12.0. The summed E-state index contributed by atoms with van der Waals surface area (Å²) in [5.74, 6) is -0.919. The topological polar surface area (TPSA) is 17.8 Å². The number of alkyl halides is 1. The van der Waals surface area contributed by atoms with Crippen LogP contribution in [0, 0.1) is 11.6 Å². The van der Waals surface area contributed by atoms with E-state index in [4.69, 9.17) is 11.6 Å². The van der Waals surface area contributed by atoms with E-state index in [1.165, 1.54) is 6.07 Å². The number of imidazole rings is 1. The maximum absolute atomic E-state index is 14.3. The van der Waals surface area contributed by atoms with Gasteiger partial charge in [0, 0.05) is 5.54 Å². The lowest BCUT2D eigenvalue weighted by atomic mass is 9.89. The molecule has 0 saturated heterocycles. The second kappa shape index (κ2) is 5.68. The summed E-state index contributed by atoms with van der Waals surface area (Å²) >= 11 is 5.97. The third-order valence-electron chi connectivity index (χ3n) is 4.35. The molecule has 0 aliphatic rings. The molecule has 0 N–H and O–H groups in total. The minimum atomic E-state index is -0.850. The summed E-state index contributed by atoms with van der Waals surface area (Å²) in [6.07, 6.45) is 2.43. The van der Waals surface area contributed by atoms with Crippen LogP contribution in [0.25, 0.3) is 11.0 Å². The molecule has 0 radical (unpaired) electrons. The molecule has 20 heavy (non-hydrogen) atoms. The van der Waals surface area contributed by atoms with Gasteiger partial charge in [-0.3, -0.25) is 0 Å². The van der Waals surface area contributed by atoms with E-state index < -0.39 is 11.6 Å². The zero-order chi connectivity index (χ0) is 14.9. The van der Waals surface area contributed by atoms with Gasteiger partial charge in [0.25, 0.3) is 0 Å². The molecule has 1 aromatic carbocycles. The predicted octanol–water partition coefficient (Wildman–Crippen LogP) is 4.98. The van der Waals surface area contributed by atoms with Crippen LogP contribution in [0.15, 0.2) is 12.1 Å². The highest BCUT2D eigenvalue weighted by molar-refractivity contribution is 6.16. The summed E-state index contributed by atoms with van der Waals surface area (Å²) in [4.78, 5) is 4.37. The lowest BCUT2D eigenvalue weighted by Gasteiger charge is -2.34. The lowest BCUT2D eigenvalue weighted by Crippen LogP contribution is -2.33. The van der Waals surface area contributed by atoms with E-state index in [0.717, 1.165) is 25.3 Å². The van der Waals surface area contributed by atoms with Crippen molar-refractivity contribution >= 4 is 22.6 Å². The average Bonchev–Trinajstić information content (AvgIpc) is 2.86. The number of rotatable bonds is 5. The molecule has 0 aliphatic heterocycles. The molecular weight excluding hydrogens is 282 g/mol.